The molecule has 0 saturated carbocycles. The van der Waals surface area contributed by atoms with Gasteiger partial charge in [-0.2, -0.15) is 0 Å². The molecule has 0 radical (unpaired) electrons. The molecule has 4 rings (SSSR count). The predicted molar refractivity (Wildman–Crippen MR) is 129 cm³/mol. The average molecular weight is 467 g/mol. The molecule has 6 nitrogen and oxygen atoms in total. The predicted octanol–water partition coefficient (Wildman–Crippen LogP) is 5.18. The molecule has 0 aliphatic rings. The fraction of sp³-hybridized carbons (Fsp3) is 0.125. The quantitative estimate of drug-likeness (QED) is 0.350. The third-order valence-electron chi connectivity index (χ3n) is 4.97. The second-order valence-corrected chi connectivity index (χ2v) is 9.49. The Morgan fingerprint density at radius 3 is 2.38 bits per heavy atom. The highest BCUT2D eigenvalue weighted by Crippen LogP contribution is 2.32. The Morgan fingerprint density at radius 2 is 1.69 bits per heavy atom. The molecule has 32 heavy (non-hydrogen) atoms. The lowest BCUT2D eigenvalue weighted by Crippen LogP contribution is -2.15. The van der Waals surface area contributed by atoms with Gasteiger partial charge in [0.1, 0.15) is 22.2 Å². The Hall–Kier alpha value is -3.23. The zero-order valence-electron chi connectivity index (χ0n) is 17.8. The molecule has 1 heterocycles. The van der Waals surface area contributed by atoms with Gasteiger partial charge in [-0.25, -0.2) is 17.4 Å². The fourth-order valence-corrected chi connectivity index (χ4v) is 5.39. The van der Waals surface area contributed by atoms with Crippen molar-refractivity contribution in [1.29, 1.82) is 0 Å². The minimum Gasteiger partial charge on any atom is -0.497 e. The van der Waals surface area contributed by atoms with Crippen molar-refractivity contribution in [3.05, 3.63) is 78.1 Å². The van der Waals surface area contributed by atoms with Crippen LogP contribution < -0.4 is 9.47 Å². The number of hydrogen-bond donors (Lipinski definition) is 0. The zero-order valence-corrected chi connectivity index (χ0v) is 19.5. The molecule has 3 aromatic carbocycles. The lowest BCUT2D eigenvalue weighted by atomic mass is 10.2. The molecule has 0 aliphatic heterocycles. The van der Waals surface area contributed by atoms with Crippen molar-refractivity contribution in [3.63, 3.8) is 0 Å². The van der Waals surface area contributed by atoms with Crippen molar-refractivity contribution in [2.24, 2.45) is 0 Å². The van der Waals surface area contributed by atoms with Crippen LogP contribution in [-0.2, 0) is 10.0 Å². The van der Waals surface area contributed by atoms with Crippen LogP contribution in [-0.4, -0.2) is 37.8 Å². The lowest BCUT2D eigenvalue weighted by Gasteiger charge is -2.13. The third-order valence-corrected chi connectivity index (χ3v) is 7.46. The average Bonchev–Trinajstić information content (AvgIpc) is 3.21. The lowest BCUT2D eigenvalue weighted by molar-refractivity contribution is 0.392. The van der Waals surface area contributed by atoms with E-state index in [0.717, 1.165) is 10.5 Å². The summed E-state index contributed by atoms with van der Waals surface area (Å²) in [5.74, 6) is 0.941. The summed E-state index contributed by atoms with van der Waals surface area (Å²) < 4.78 is 39.5. The number of hydrogen-bond acceptors (Lipinski definition) is 6. The molecule has 0 aliphatic carbocycles. The van der Waals surface area contributed by atoms with Gasteiger partial charge >= 0.3 is 0 Å². The van der Waals surface area contributed by atoms with Crippen LogP contribution in [0.25, 0.3) is 23.2 Å². The molecule has 0 atom stereocenters. The van der Waals surface area contributed by atoms with Crippen LogP contribution in [0, 0.1) is 0 Å². The highest BCUT2D eigenvalue weighted by molar-refractivity contribution is 7.98. The number of aromatic nitrogens is 2. The first-order valence-electron chi connectivity index (χ1n) is 9.75. The second-order valence-electron chi connectivity index (χ2n) is 6.85. The maximum atomic E-state index is 13.8. The van der Waals surface area contributed by atoms with Gasteiger partial charge in [0.15, 0.2) is 0 Å². The van der Waals surface area contributed by atoms with Gasteiger partial charge in [0.25, 0.3) is 10.0 Å². The van der Waals surface area contributed by atoms with Crippen molar-refractivity contribution >= 4 is 45.0 Å². The first-order valence-corrected chi connectivity index (χ1v) is 12.4. The molecule has 0 unspecified atom stereocenters. The molecule has 0 bridgehead atoms. The number of para-hydroxylation sites is 2. The van der Waals surface area contributed by atoms with Crippen LogP contribution >= 0.6 is 11.8 Å². The van der Waals surface area contributed by atoms with Gasteiger partial charge in [0, 0.05) is 11.0 Å². The van der Waals surface area contributed by atoms with E-state index in [1.54, 1.807) is 48.2 Å². The Morgan fingerprint density at radius 1 is 0.938 bits per heavy atom. The molecule has 0 N–H and O–H groups in total. The molecule has 0 amide bonds. The maximum Gasteiger partial charge on any atom is 0.273 e. The van der Waals surface area contributed by atoms with Gasteiger partial charge < -0.3 is 9.47 Å². The second kappa shape index (κ2) is 9.10. The van der Waals surface area contributed by atoms with E-state index >= 15 is 0 Å². The maximum absolute atomic E-state index is 13.8. The highest BCUT2D eigenvalue weighted by Gasteiger charge is 2.27. The summed E-state index contributed by atoms with van der Waals surface area (Å²) in [5, 5.41) is 0. The summed E-state index contributed by atoms with van der Waals surface area (Å²) >= 11 is 1.66. The van der Waals surface area contributed by atoms with E-state index in [-0.39, 0.29) is 10.6 Å². The molecule has 1 aromatic heterocycles. The number of fused-ring (bicyclic) bond motifs is 1. The van der Waals surface area contributed by atoms with Crippen LogP contribution in [0.5, 0.6) is 11.5 Å². The summed E-state index contributed by atoms with van der Waals surface area (Å²) in [5.41, 5.74) is 2.00. The number of benzene rings is 3. The van der Waals surface area contributed by atoms with Gasteiger partial charge in [-0.05, 0) is 54.3 Å². The van der Waals surface area contributed by atoms with E-state index < -0.39 is 10.0 Å². The van der Waals surface area contributed by atoms with Crippen molar-refractivity contribution in [1.82, 2.24) is 8.96 Å². The minimum absolute atomic E-state index is 0.00137. The Labute approximate surface area is 191 Å². The monoisotopic (exact) mass is 466 g/mol. The van der Waals surface area contributed by atoms with Gasteiger partial charge in [0.2, 0.25) is 0 Å². The number of rotatable bonds is 7. The van der Waals surface area contributed by atoms with Crippen molar-refractivity contribution < 1.29 is 17.9 Å². The number of imidazole rings is 1. The smallest absolute Gasteiger partial charge is 0.273 e. The number of methoxy groups -OCH3 is 2. The van der Waals surface area contributed by atoms with Crippen molar-refractivity contribution in [3.8, 4) is 11.5 Å². The van der Waals surface area contributed by atoms with Crippen molar-refractivity contribution in [2.45, 2.75) is 9.79 Å². The first kappa shape index (κ1) is 22.0. The van der Waals surface area contributed by atoms with Crippen LogP contribution in [0.15, 0.2) is 76.5 Å². The normalized spacial score (nSPS) is 11.8. The Kier molecular flexibility index (Phi) is 6.25. The standard InChI is InChI=1S/C24H22N2O4S2/c1-29-18-11-14-22(30-2)23(16-18)32(27,28)26-21-7-5-4-6-20(21)25-24(26)15-10-17-8-12-19(31-3)13-9-17/h4-16H,1-3H3. The first-order chi connectivity index (χ1) is 15.5. The molecule has 0 spiro atoms. The third kappa shape index (κ3) is 4.11. The van der Waals surface area contributed by atoms with E-state index in [0.29, 0.717) is 22.6 Å². The topological polar surface area (TPSA) is 70.4 Å². The molecule has 4 aromatic rings. The van der Waals surface area contributed by atoms with Gasteiger partial charge in [-0.15, -0.1) is 11.8 Å². The molecule has 8 heteroatoms. The van der Waals surface area contributed by atoms with Crippen LogP contribution in [0.2, 0.25) is 0 Å². The van der Waals surface area contributed by atoms with Gasteiger partial charge in [-0.1, -0.05) is 30.3 Å². The molecule has 0 fully saturated rings. The van der Waals surface area contributed by atoms with Crippen LogP contribution in [0.4, 0.5) is 0 Å². The van der Waals surface area contributed by atoms with E-state index in [1.807, 2.05) is 42.7 Å². The minimum atomic E-state index is -4.05. The van der Waals surface area contributed by atoms with E-state index in [4.69, 9.17) is 9.47 Å². The number of nitrogens with zero attached hydrogens (tertiary/aromatic N) is 2. The Balaban J connectivity index is 1.89. The summed E-state index contributed by atoms with van der Waals surface area (Å²) in [7, 11) is -1.12. The SMILES string of the molecule is COc1ccc(OC)c(S(=O)(=O)n2c(C=Cc3ccc(SC)cc3)nc3ccccc32)c1. The highest BCUT2D eigenvalue weighted by atomic mass is 32.2. The van der Waals surface area contributed by atoms with E-state index in [1.165, 1.54) is 24.3 Å². The number of thioether (sulfide) groups is 1. The Bertz CT molecular complexity index is 1390. The van der Waals surface area contributed by atoms with Crippen LogP contribution in [0.3, 0.4) is 0 Å². The molecule has 164 valence electrons. The fourth-order valence-electron chi connectivity index (χ4n) is 3.35. The summed E-state index contributed by atoms with van der Waals surface area (Å²) in [6.45, 7) is 0. The summed E-state index contributed by atoms with van der Waals surface area (Å²) in [6.07, 6.45) is 5.57. The van der Waals surface area contributed by atoms with Gasteiger partial charge in [0.05, 0.1) is 25.3 Å². The van der Waals surface area contributed by atoms with E-state index in [9.17, 15) is 8.42 Å². The van der Waals surface area contributed by atoms with E-state index in [2.05, 4.69) is 4.98 Å². The largest absolute Gasteiger partial charge is 0.497 e. The summed E-state index contributed by atoms with van der Waals surface area (Å²) in [6, 6.07) is 19.8. The summed E-state index contributed by atoms with van der Waals surface area (Å²) in [4.78, 5) is 5.73. The zero-order chi connectivity index (χ0) is 22.7. The van der Waals surface area contributed by atoms with Crippen LogP contribution in [0.1, 0.15) is 11.4 Å². The molecular weight excluding hydrogens is 444 g/mol. The molecular formula is C24H22N2O4S2. The number of ether oxygens (including phenoxy) is 2. The van der Waals surface area contributed by atoms with Gasteiger partial charge in [-0.3, -0.25) is 0 Å². The molecule has 0 saturated heterocycles. The van der Waals surface area contributed by atoms with Crippen molar-refractivity contribution in [2.75, 3.05) is 20.5 Å².